The van der Waals surface area contributed by atoms with Crippen molar-refractivity contribution in [3.05, 3.63) is 36.5 Å². The van der Waals surface area contributed by atoms with Crippen molar-refractivity contribution in [1.82, 2.24) is 9.78 Å². The average Bonchev–Trinajstić information content (AvgIpc) is 2.71. The van der Waals surface area contributed by atoms with Crippen LogP contribution in [0.1, 0.15) is 13.8 Å². The van der Waals surface area contributed by atoms with Gasteiger partial charge in [-0.25, -0.2) is 0 Å². The Morgan fingerprint density at radius 2 is 1.94 bits per heavy atom. The summed E-state index contributed by atoms with van der Waals surface area (Å²) in [6, 6.07) is 9.91. The lowest BCUT2D eigenvalue weighted by atomic mass is 10.1. The van der Waals surface area contributed by atoms with E-state index in [1.807, 2.05) is 51.2 Å². The predicted molar refractivity (Wildman–Crippen MR) is 72.1 cm³/mol. The summed E-state index contributed by atoms with van der Waals surface area (Å²) in [7, 11) is 1.87. The number of nitrogens with one attached hydrogen (secondary N) is 1. The molecule has 0 aliphatic rings. The molecule has 1 amide bonds. The summed E-state index contributed by atoms with van der Waals surface area (Å²) >= 11 is 0. The molecule has 0 radical (unpaired) electrons. The van der Waals surface area contributed by atoms with Crippen molar-refractivity contribution in [2.75, 3.05) is 5.32 Å². The van der Waals surface area contributed by atoms with Gasteiger partial charge in [0.15, 0.2) is 0 Å². The van der Waals surface area contributed by atoms with Crippen LogP contribution in [-0.4, -0.2) is 15.7 Å². The molecule has 1 aromatic carbocycles. The molecule has 0 saturated carbocycles. The molecule has 1 N–H and O–H groups in total. The first-order valence-corrected chi connectivity index (χ1v) is 5.98. The predicted octanol–water partition coefficient (Wildman–Crippen LogP) is 2.68. The third-order valence-electron chi connectivity index (χ3n) is 2.77. The van der Waals surface area contributed by atoms with Crippen LogP contribution in [0.4, 0.5) is 5.69 Å². The molecule has 4 heteroatoms. The van der Waals surface area contributed by atoms with Crippen molar-refractivity contribution >= 4 is 11.6 Å². The highest BCUT2D eigenvalue weighted by molar-refractivity contribution is 5.95. The number of aryl methyl sites for hydroxylation is 1. The highest BCUT2D eigenvalue weighted by atomic mass is 16.1. The topological polar surface area (TPSA) is 46.9 Å². The standard InChI is InChI=1S/C14H17N3O/c1-10(2)14(18)16-12-9-15-17(3)13(12)11-7-5-4-6-8-11/h4-10H,1-3H3,(H,16,18). The van der Waals surface area contributed by atoms with Gasteiger partial charge < -0.3 is 5.32 Å². The number of aromatic nitrogens is 2. The molecule has 0 aliphatic carbocycles. The van der Waals surface area contributed by atoms with Crippen molar-refractivity contribution in [1.29, 1.82) is 0 Å². The monoisotopic (exact) mass is 243 g/mol. The molecular weight excluding hydrogens is 226 g/mol. The van der Waals surface area contributed by atoms with Gasteiger partial charge in [0.25, 0.3) is 0 Å². The maximum atomic E-state index is 11.8. The SMILES string of the molecule is CC(C)C(=O)Nc1cnn(C)c1-c1ccccc1. The molecule has 1 heterocycles. The first-order valence-electron chi connectivity index (χ1n) is 5.98. The van der Waals surface area contributed by atoms with E-state index in [-0.39, 0.29) is 11.8 Å². The van der Waals surface area contributed by atoms with Crippen molar-refractivity contribution in [2.24, 2.45) is 13.0 Å². The summed E-state index contributed by atoms with van der Waals surface area (Å²) in [4.78, 5) is 11.8. The highest BCUT2D eigenvalue weighted by Gasteiger charge is 2.14. The molecule has 0 fully saturated rings. The van der Waals surface area contributed by atoms with Crippen LogP contribution >= 0.6 is 0 Å². The van der Waals surface area contributed by atoms with Gasteiger partial charge in [0, 0.05) is 18.5 Å². The minimum absolute atomic E-state index is 0.000168. The Kier molecular flexibility index (Phi) is 3.46. The summed E-state index contributed by atoms with van der Waals surface area (Å²) in [5.41, 5.74) is 2.71. The number of benzene rings is 1. The molecule has 94 valence electrons. The molecule has 0 saturated heterocycles. The minimum Gasteiger partial charge on any atom is -0.323 e. The van der Waals surface area contributed by atoms with Crippen molar-refractivity contribution < 1.29 is 4.79 Å². The third kappa shape index (κ3) is 2.42. The van der Waals surface area contributed by atoms with Crippen molar-refractivity contribution in [3.63, 3.8) is 0 Å². The van der Waals surface area contributed by atoms with Crippen LogP contribution in [0, 0.1) is 5.92 Å². The van der Waals surface area contributed by atoms with Crippen LogP contribution in [-0.2, 0) is 11.8 Å². The molecule has 0 bridgehead atoms. The van der Waals surface area contributed by atoms with E-state index in [4.69, 9.17) is 0 Å². The van der Waals surface area contributed by atoms with Gasteiger partial charge in [0.1, 0.15) is 0 Å². The fourth-order valence-corrected chi connectivity index (χ4v) is 1.74. The lowest BCUT2D eigenvalue weighted by Gasteiger charge is -2.09. The lowest BCUT2D eigenvalue weighted by molar-refractivity contribution is -0.118. The average molecular weight is 243 g/mol. The van der Waals surface area contributed by atoms with Crippen molar-refractivity contribution in [2.45, 2.75) is 13.8 Å². The Morgan fingerprint density at radius 1 is 1.28 bits per heavy atom. The van der Waals surface area contributed by atoms with E-state index in [1.165, 1.54) is 0 Å². The van der Waals surface area contributed by atoms with Crippen LogP contribution in [0.15, 0.2) is 36.5 Å². The van der Waals surface area contributed by atoms with E-state index in [0.717, 1.165) is 16.9 Å². The number of carbonyl (C=O) groups is 1. The molecule has 18 heavy (non-hydrogen) atoms. The molecule has 0 aliphatic heterocycles. The first kappa shape index (κ1) is 12.4. The van der Waals surface area contributed by atoms with Gasteiger partial charge in [-0.2, -0.15) is 5.10 Å². The van der Waals surface area contributed by atoms with E-state index in [0.29, 0.717) is 0 Å². The van der Waals surface area contributed by atoms with Gasteiger partial charge in [0.2, 0.25) is 5.91 Å². The van der Waals surface area contributed by atoms with E-state index in [9.17, 15) is 4.79 Å². The van der Waals surface area contributed by atoms with E-state index in [1.54, 1.807) is 10.9 Å². The van der Waals surface area contributed by atoms with Gasteiger partial charge in [-0.3, -0.25) is 9.48 Å². The van der Waals surface area contributed by atoms with Crippen LogP contribution in [0.5, 0.6) is 0 Å². The normalized spacial score (nSPS) is 10.7. The summed E-state index contributed by atoms with van der Waals surface area (Å²) < 4.78 is 1.77. The molecule has 0 unspecified atom stereocenters. The van der Waals surface area contributed by atoms with Gasteiger partial charge in [-0.05, 0) is 0 Å². The number of rotatable bonds is 3. The van der Waals surface area contributed by atoms with E-state index in [2.05, 4.69) is 10.4 Å². The Bertz CT molecular complexity index is 543. The second kappa shape index (κ2) is 5.04. The molecule has 2 rings (SSSR count). The fraction of sp³-hybridized carbons (Fsp3) is 0.286. The number of carbonyl (C=O) groups excluding carboxylic acids is 1. The molecular formula is C14H17N3O. The maximum Gasteiger partial charge on any atom is 0.227 e. The maximum absolute atomic E-state index is 11.8. The van der Waals surface area contributed by atoms with E-state index >= 15 is 0 Å². The number of nitrogens with zero attached hydrogens (tertiary/aromatic N) is 2. The summed E-state index contributed by atoms with van der Waals surface area (Å²) in [5, 5.41) is 7.11. The first-order chi connectivity index (χ1) is 8.59. The van der Waals surface area contributed by atoms with Gasteiger partial charge in [-0.1, -0.05) is 44.2 Å². The number of hydrogen-bond acceptors (Lipinski definition) is 2. The quantitative estimate of drug-likeness (QED) is 0.901. The smallest absolute Gasteiger partial charge is 0.227 e. The zero-order valence-electron chi connectivity index (χ0n) is 10.8. The van der Waals surface area contributed by atoms with E-state index < -0.39 is 0 Å². The number of hydrogen-bond donors (Lipinski definition) is 1. The summed E-state index contributed by atoms with van der Waals surface area (Å²) in [6.45, 7) is 3.74. The third-order valence-corrected chi connectivity index (χ3v) is 2.77. The van der Waals surface area contributed by atoms with Crippen LogP contribution in [0.3, 0.4) is 0 Å². The zero-order chi connectivity index (χ0) is 13.1. The number of anilines is 1. The summed E-state index contributed by atoms with van der Waals surface area (Å²) in [5.74, 6) is -0.0472. The largest absolute Gasteiger partial charge is 0.323 e. The Balaban J connectivity index is 2.37. The zero-order valence-corrected chi connectivity index (χ0v) is 10.8. The molecule has 1 aromatic heterocycles. The summed E-state index contributed by atoms with van der Waals surface area (Å²) in [6.07, 6.45) is 1.68. The van der Waals surface area contributed by atoms with Crippen LogP contribution < -0.4 is 5.32 Å². The lowest BCUT2D eigenvalue weighted by Crippen LogP contribution is -2.18. The fourth-order valence-electron chi connectivity index (χ4n) is 1.74. The number of amides is 1. The van der Waals surface area contributed by atoms with Gasteiger partial charge in [0.05, 0.1) is 17.6 Å². The molecule has 4 nitrogen and oxygen atoms in total. The Morgan fingerprint density at radius 3 is 2.56 bits per heavy atom. The van der Waals surface area contributed by atoms with Crippen molar-refractivity contribution in [3.8, 4) is 11.3 Å². The Hall–Kier alpha value is -2.10. The van der Waals surface area contributed by atoms with Crippen LogP contribution in [0.25, 0.3) is 11.3 Å². The minimum atomic E-state index is -0.0474. The molecule has 0 atom stereocenters. The van der Waals surface area contributed by atoms with Crippen LogP contribution in [0.2, 0.25) is 0 Å². The van der Waals surface area contributed by atoms with Gasteiger partial charge in [-0.15, -0.1) is 0 Å². The second-order valence-corrected chi connectivity index (χ2v) is 4.54. The molecule has 0 spiro atoms. The highest BCUT2D eigenvalue weighted by Crippen LogP contribution is 2.27. The second-order valence-electron chi connectivity index (χ2n) is 4.54. The van der Waals surface area contributed by atoms with Gasteiger partial charge >= 0.3 is 0 Å². The molecule has 2 aromatic rings. The Labute approximate surface area is 107 Å².